The zero-order valence-corrected chi connectivity index (χ0v) is 8.05. The number of aryl methyl sites for hydroxylation is 1. The van der Waals surface area contributed by atoms with Gasteiger partial charge in [0.1, 0.15) is 4.90 Å². The molecule has 78 valence electrons. The number of pyridine rings is 1. The molecule has 4 nitrogen and oxygen atoms in total. The van der Waals surface area contributed by atoms with E-state index < -0.39 is 26.9 Å². The Morgan fingerprint density at radius 2 is 2.07 bits per heavy atom. The molecule has 7 heteroatoms. The van der Waals surface area contributed by atoms with E-state index in [1.807, 2.05) is 0 Å². The van der Waals surface area contributed by atoms with Gasteiger partial charge in [-0.05, 0) is 13.0 Å². The summed E-state index contributed by atoms with van der Waals surface area (Å²) in [7, 11) is -3.97. The van der Waals surface area contributed by atoms with Gasteiger partial charge in [-0.2, -0.15) is 0 Å². The lowest BCUT2D eigenvalue weighted by molar-refractivity contribution is 0.149. The third-order valence-corrected chi connectivity index (χ3v) is 2.54. The van der Waals surface area contributed by atoms with Gasteiger partial charge in [0.2, 0.25) is 10.0 Å². The summed E-state index contributed by atoms with van der Waals surface area (Å²) >= 11 is 0. The molecule has 0 bridgehead atoms. The van der Waals surface area contributed by atoms with Crippen molar-refractivity contribution in [1.29, 1.82) is 0 Å². The molecule has 0 atom stereocenters. The van der Waals surface area contributed by atoms with Crippen LogP contribution in [0, 0.1) is 6.92 Å². The lowest BCUT2D eigenvalue weighted by atomic mass is 10.2. The summed E-state index contributed by atoms with van der Waals surface area (Å²) in [5.41, 5.74) is -0.330. The molecule has 1 aromatic heterocycles. The molecule has 0 amide bonds. The summed E-state index contributed by atoms with van der Waals surface area (Å²) in [6.45, 7) is 1.37. The highest BCUT2D eigenvalue weighted by atomic mass is 32.2. The van der Waals surface area contributed by atoms with Gasteiger partial charge >= 0.3 is 0 Å². The van der Waals surface area contributed by atoms with Crippen molar-refractivity contribution in [3.8, 4) is 0 Å². The molecule has 1 heterocycles. The number of nitrogens with two attached hydrogens (primary N) is 1. The Morgan fingerprint density at radius 3 is 2.50 bits per heavy atom. The summed E-state index contributed by atoms with van der Waals surface area (Å²) in [6, 6.07) is 0.836. The zero-order chi connectivity index (χ0) is 10.9. The Labute approximate surface area is 79.8 Å². The molecule has 1 rings (SSSR count). The number of aromatic nitrogens is 1. The first-order valence-electron chi connectivity index (χ1n) is 3.60. The molecule has 0 saturated heterocycles. The molecule has 2 N–H and O–H groups in total. The first kappa shape index (κ1) is 11.0. The molecule has 0 radical (unpaired) electrons. The second-order valence-corrected chi connectivity index (χ2v) is 4.25. The Balaban J connectivity index is 3.34. The predicted octanol–water partition coefficient (Wildman–Crippen LogP) is 0.975. The van der Waals surface area contributed by atoms with Crippen molar-refractivity contribution in [3.05, 3.63) is 23.5 Å². The number of sulfonamides is 1. The Kier molecular flexibility index (Phi) is 2.81. The maximum Gasteiger partial charge on any atom is 0.265 e. The van der Waals surface area contributed by atoms with Crippen LogP contribution in [-0.2, 0) is 10.0 Å². The van der Waals surface area contributed by atoms with Crippen molar-refractivity contribution in [2.75, 3.05) is 0 Å². The van der Waals surface area contributed by atoms with Crippen molar-refractivity contribution in [1.82, 2.24) is 4.98 Å². The summed E-state index contributed by atoms with van der Waals surface area (Å²) in [5.74, 6) is 0. The highest BCUT2D eigenvalue weighted by Gasteiger charge is 2.16. The summed E-state index contributed by atoms with van der Waals surface area (Å²) in [4.78, 5) is 3.12. The standard InChI is InChI=1S/C7H8F2N2O2S/c1-4-6(7(8)9)2-5(3-11-4)14(10,12)13/h2-3,7H,1H3,(H2,10,12,13). The van der Waals surface area contributed by atoms with E-state index in [0.717, 1.165) is 12.3 Å². The van der Waals surface area contributed by atoms with Gasteiger partial charge in [0.05, 0.1) is 0 Å². The molecule has 1 aromatic rings. The number of hydrogen-bond donors (Lipinski definition) is 1. The molecule has 0 aliphatic rings. The van der Waals surface area contributed by atoms with E-state index in [-0.39, 0.29) is 5.69 Å². The highest BCUT2D eigenvalue weighted by Crippen LogP contribution is 2.23. The smallest absolute Gasteiger partial charge is 0.260 e. The molecule has 0 spiro atoms. The van der Waals surface area contributed by atoms with Crippen LogP contribution in [-0.4, -0.2) is 13.4 Å². The van der Waals surface area contributed by atoms with Crippen LogP contribution < -0.4 is 5.14 Å². The van der Waals surface area contributed by atoms with Gasteiger partial charge in [0.15, 0.2) is 0 Å². The monoisotopic (exact) mass is 222 g/mol. The number of rotatable bonds is 2. The second kappa shape index (κ2) is 3.58. The van der Waals surface area contributed by atoms with E-state index in [1.165, 1.54) is 6.92 Å². The van der Waals surface area contributed by atoms with Crippen molar-refractivity contribution >= 4 is 10.0 Å². The largest absolute Gasteiger partial charge is 0.265 e. The SMILES string of the molecule is Cc1ncc(S(N)(=O)=O)cc1C(F)F. The van der Waals surface area contributed by atoms with Gasteiger partial charge < -0.3 is 0 Å². The van der Waals surface area contributed by atoms with Crippen LogP contribution in [0.4, 0.5) is 8.78 Å². The van der Waals surface area contributed by atoms with Gasteiger partial charge in [0, 0.05) is 17.5 Å². The van der Waals surface area contributed by atoms with Crippen molar-refractivity contribution < 1.29 is 17.2 Å². The maximum absolute atomic E-state index is 12.3. The molecule has 0 aliphatic heterocycles. The molecule has 0 fully saturated rings. The van der Waals surface area contributed by atoms with E-state index in [9.17, 15) is 17.2 Å². The van der Waals surface area contributed by atoms with E-state index in [2.05, 4.69) is 4.98 Å². The van der Waals surface area contributed by atoms with Crippen molar-refractivity contribution in [2.45, 2.75) is 18.2 Å². The number of halogens is 2. The first-order valence-corrected chi connectivity index (χ1v) is 5.14. The topological polar surface area (TPSA) is 73.0 Å². The van der Waals surface area contributed by atoms with E-state index >= 15 is 0 Å². The Hall–Kier alpha value is -1.08. The van der Waals surface area contributed by atoms with Gasteiger partial charge in [-0.25, -0.2) is 22.3 Å². The maximum atomic E-state index is 12.3. The average Bonchev–Trinajstić information content (AvgIpc) is 2.02. The third-order valence-electron chi connectivity index (χ3n) is 1.66. The normalized spacial score (nSPS) is 12.1. The number of hydrogen-bond acceptors (Lipinski definition) is 3. The summed E-state index contributed by atoms with van der Waals surface area (Å²) < 4.78 is 46.3. The second-order valence-electron chi connectivity index (χ2n) is 2.69. The molecule has 0 aliphatic carbocycles. The van der Waals surface area contributed by atoms with Crippen LogP contribution in [0.2, 0.25) is 0 Å². The van der Waals surface area contributed by atoms with Crippen LogP contribution >= 0.6 is 0 Å². The average molecular weight is 222 g/mol. The molecular weight excluding hydrogens is 214 g/mol. The molecule has 0 unspecified atom stereocenters. The fraction of sp³-hybridized carbons (Fsp3) is 0.286. The van der Waals surface area contributed by atoms with Crippen LogP contribution in [0.25, 0.3) is 0 Å². The minimum absolute atomic E-state index is 0.0902. The van der Waals surface area contributed by atoms with Crippen molar-refractivity contribution in [2.24, 2.45) is 5.14 Å². The molecule has 14 heavy (non-hydrogen) atoms. The lowest BCUT2D eigenvalue weighted by Crippen LogP contribution is -2.13. The predicted molar refractivity (Wildman–Crippen MR) is 45.3 cm³/mol. The lowest BCUT2D eigenvalue weighted by Gasteiger charge is -2.05. The van der Waals surface area contributed by atoms with Crippen LogP contribution in [0.3, 0.4) is 0 Å². The molecular formula is C7H8F2N2O2S. The minimum atomic E-state index is -3.97. The van der Waals surface area contributed by atoms with E-state index in [4.69, 9.17) is 5.14 Å². The molecule has 0 saturated carbocycles. The van der Waals surface area contributed by atoms with Gasteiger partial charge in [0.25, 0.3) is 6.43 Å². The summed E-state index contributed by atoms with van der Waals surface area (Å²) in [6.07, 6.45) is -1.81. The molecule has 0 aromatic carbocycles. The summed E-state index contributed by atoms with van der Waals surface area (Å²) in [5, 5.41) is 4.76. The van der Waals surface area contributed by atoms with Gasteiger partial charge in [-0.3, -0.25) is 4.98 Å². The fourth-order valence-corrected chi connectivity index (χ4v) is 1.40. The quantitative estimate of drug-likeness (QED) is 0.810. The van der Waals surface area contributed by atoms with Gasteiger partial charge in [-0.1, -0.05) is 0 Å². The van der Waals surface area contributed by atoms with E-state index in [1.54, 1.807) is 0 Å². The number of nitrogens with zero attached hydrogens (tertiary/aromatic N) is 1. The van der Waals surface area contributed by atoms with Crippen LogP contribution in [0.1, 0.15) is 17.7 Å². The van der Waals surface area contributed by atoms with E-state index in [0.29, 0.717) is 0 Å². The Bertz CT molecular complexity index is 445. The fourth-order valence-electron chi connectivity index (χ4n) is 0.906. The minimum Gasteiger partial charge on any atom is -0.260 e. The van der Waals surface area contributed by atoms with Crippen molar-refractivity contribution in [3.63, 3.8) is 0 Å². The Morgan fingerprint density at radius 1 is 1.50 bits per heavy atom. The number of primary sulfonamides is 1. The highest BCUT2D eigenvalue weighted by molar-refractivity contribution is 7.89. The van der Waals surface area contributed by atoms with Crippen LogP contribution in [0.15, 0.2) is 17.2 Å². The van der Waals surface area contributed by atoms with Crippen LogP contribution in [0.5, 0.6) is 0 Å². The zero-order valence-electron chi connectivity index (χ0n) is 7.24. The number of alkyl halides is 2. The van der Waals surface area contributed by atoms with Gasteiger partial charge in [-0.15, -0.1) is 0 Å². The first-order chi connectivity index (χ1) is 6.32. The third kappa shape index (κ3) is 2.24.